The molecule has 2 aromatic carbocycles. The zero-order chi connectivity index (χ0) is 22.9. The number of carbonyl (C=O) groups excluding carboxylic acids is 2. The Labute approximate surface area is 183 Å². The van der Waals surface area contributed by atoms with Crippen LogP contribution in [0.5, 0.6) is 5.75 Å². The zero-order valence-corrected chi connectivity index (χ0v) is 17.4. The van der Waals surface area contributed by atoms with Crippen LogP contribution in [0.1, 0.15) is 41.6 Å². The molecule has 168 valence electrons. The molecule has 0 bridgehead atoms. The van der Waals surface area contributed by atoms with Crippen molar-refractivity contribution >= 4 is 17.6 Å². The first-order valence-electron chi connectivity index (χ1n) is 10.3. The Hall–Kier alpha value is -3.36. The number of nitrogens with zero attached hydrogens (tertiary/aromatic N) is 2. The standard InChI is InChI=1S/C23H22F3N3O3/c1-32-18-13-7-10-16(14-18)20(30)28-22(23(24,25)26)21(31)29(17-11-5-6-12-17)19(27-22)15-8-3-2-4-9-15/h2-4,7-10,13-14,17H,5-6,11-12H2,1H3,(H,28,30). The fraction of sp³-hybridized carbons (Fsp3) is 0.348. The lowest BCUT2D eigenvalue weighted by Gasteiger charge is -2.31. The van der Waals surface area contributed by atoms with E-state index in [9.17, 15) is 22.8 Å². The Morgan fingerprint density at radius 2 is 1.81 bits per heavy atom. The number of benzene rings is 2. The van der Waals surface area contributed by atoms with Gasteiger partial charge in [-0.25, -0.2) is 4.99 Å². The maximum atomic E-state index is 14.4. The second-order valence-corrected chi connectivity index (χ2v) is 7.81. The fourth-order valence-corrected chi connectivity index (χ4v) is 4.16. The molecule has 1 fully saturated rings. The van der Waals surface area contributed by atoms with Gasteiger partial charge in [0, 0.05) is 17.2 Å². The number of nitrogens with one attached hydrogen (secondary N) is 1. The summed E-state index contributed by atoms with van der Waals surface area (Å²) in [4.78, 5) is 31.2. The van der Waals surface area contributed by atoms with Gasteiger partial charge in [-0.1, -0.05) is 49.2 Å². The highest BCUT2D eigenvalue weighted by Crippen LogP contribution is 2.41. The van der Waals surface area contributed by atoms with E-state index >= 15 is 0 Å². The molecule has 1 aliphatic carbocycles. The third-order valence-corrected chi connectivity index (χ3v) is 5.79. The normalized spacial score (nSPS) is 21.6. The van der Waals surface area contributed by atoms with Crippen LogP contribution >= 0.6 is 0 Å². The highest BCUT2D eigenvalue weighted by atomic mass is 19.4. The van der Waals surface area contributed by atoms with Gasteiger partial charge in [-0.2, -0.15) is 13.2 Å². The molecule has 0 saturated heterocycles. The van der Waals surface area contributed by atoms with Crippen LogP contribution in [0.4, 0.5) is 13.2 Å². The Balaban J connectivity index is 1.80. The van der Waals surface area contributed by atoms with Gasteiger partial charge in [0.2, 0.25) is 0 Å². The van der Waals surface area contributed by atoms with Gasteiger partial charge in [0.05, 0.1) is 7.11 Å². The molecule has 1 heterocycles. The number of amidine groups is 1. The van der Waals surface area contributed by atoms with Gasteiger partial charge in [0.1, 0.15) is 11.6 Å². The first-order chi connectivity index (χ1) is 15.3. The van der Waals surface area contributed by atoms with Crippen LogP contribution in [-0.4, -0.2) is 47.5 Å². The van der Waals surface area contributed by atoms with E-state index < -0.39 is 29.7 Å². The van der Waals surface area contributed by atoms with Gasteiger partial charge in [0.15, 0.2) is 0 Å². The molecule has 2 aromatic rings. The van der Waals surface area contributed by atoms with Gasteiger partial charge in [-0.05, 0) is 31.0 Å². The van der Waals surface area contributed by atoms with Crippen molar-refractivity contribution < 1.29 is 27.5 Å². The molecule has 4 rings (SSSR count). The van der Waals surface area contributed by atoms with Crippen LogP contribution in [0.2, 0.25) is 0 Å². The van der Waals surface area contributed by atoms with Crippen LogP contribution in [0.3, 0.4) is 0 Å². The van der Waals surface area contributed by atoms with Gasteiger partial charge in [-0.3, -0.25) is 14.5 Å². The molecular weight excluding hydrogens is 423 g/mol. The molecule has 0 radical (unpaired) electrons. The minimum absolute atomic E-state index is 0.0726. The number of amides is 2. The monoisotopic (exact) mass is 445 g/mol. The molecule has 0 aromatic heterocycles. The maximum Gasteiger partial charge on any atom is 0.442 e. The van der Waals surface area contributed by atoms with Crippen LogP contribution in [0.25, 0.3) is 0 Å². The van der Waals surface area contributed by atoms with Crippen LogP contribution in [0, 0.1) is 0 Å². The number of methoxy groups -OCH3 is 1. The molecular formula is C23H22F3N3O3. The van der Waals surface area contributed by atoms with Crippen molar-refractivity contribution in [3.63, 3.8) is 0 Å². The molecule has 1 saturated carbocycles. The van der Waals surface area contributed by atoms with Crippen molar-refractivity contribution in [3.05, 3.63) is 65.7 Å². The second-order valence-electron chi connectivity index (χ2n) is 7.81. The van der Waals surface area contributed by atoms with Crippen molar-refractivity contribution in [2.45, 2.75) is 43.6 Å². The SMILES string of the molecule is COc1cccc(C(=O)NC2(C(F)(F)F)N=C(c3ccccc3)N(C3CCCC3)C2=O)c1. The molecule has 32 heavy (non-hydrogen) atoms. The highest BCUT2D eigenvalue weighted by Gasteiger charge is 2.68. The smallest absolute Gasteiger partial charge is 0.442 e. The van der Waals surface area contributed by atoms with E-state index in [2.05, 4.69) is 4.99 Å². The van der Waals surface area contributed by atoms with Crippen LogP contribution in [-0.2, 0) is 4.79 Å². The summed E-state index contributed by atoms with van der Waals surface area (Å²) >= 11 is 0. The Kier molecular flexibility index (Phi) is 5.66. The van der Waals surface area contributed by atoms with Gasteiger partial charge < -0.3 is 10.1 Å². The number of aliphatic imine (C=N–C) groups is 1. The molecule has 0 spiro atoms. The summed E-state index contributed by atoms with van der Waals surface area (Å²) < 4.78 is 48.4. The first kappa shape index (κ1) is 21.9. The number of hydrogen-bond acceptors (Lipinski definition) is 4. The van der Waals surface area contributed by atoms with Gasteiger partial charge in [-0.15, -0.1) is 0 Å². The highest BCUT2D eigenvalue weighted by molar-refractivity contribution is 6.17. The summed E-state index contributed by atoms with van der Waals surface area (Å²) in [6, 6.07) is 13.5. The van der Waals surface area contributed by atoms with Crippen LogP contribution < -0.4 is 10.1 Å². The van der Waals surface area contributed by atoms with Gasteiger partial charge >= 0.3 is 11.8 Å². The third-order valence-electron chi connectivity index (χ3n) is 5.79. The second kappa shape index (κ2) is 8.29. The van der Waals surface area contributed by atoms with Crippen molar-refractivity contribution in [1.82, 2.24) is 10.2 Å². The van der Waals surface area contributed by atoms with Gasteiger partial charge in [0.25, 0.3) is 11.8 Å². The summed E-state index contributed by atoms with van der Waals surface area (Å²) in [5, 5.41) is 1.90. The van der Waals surface area contributed by atoms with E-state index in [0.717, 1.165) is 17.7 Å². The summed E-state index contributed by atoms with van der Waals surface area (Å²) in [6.45, 7) is 0. The van der Waals surface area contributed by atoms with E-state index in [0.29, 0.717) is 24.2 Å². The lowest BCUT2D eigenvalue weighted by Crippen LogP contribution is -2.64. The Bertz CT molecular complexity index is 1050. The van der Waals surface area contributed by atoms with Crippen molar-refractivity contribution in [2.75, 3.05) is 7.11 Å². The average molecular weight is 445 g/mol. The fourth-order valence-electron chi connectivity index (χ4n) is 4.16. The van der Waals surface area contributed by atoms with Crippen molar-refractivity contribution in [1.29, 1.82) is 0 Å². The number of hydrogen-bond donors (Lipinski definition) is 1. The number of halogens is 3. The quantitative estimate of drug-likeness (QED) is 0.759. The number of alkyl halides is 3. The predicted molar refractivity (Wildman–Crippen MR) is 111 cm³/mol. The molecule has 2 amide bonds. The summed E-state index contributed by atoms with van der Waals surface area (Å²) in [5.74, 6) is -2.13. The summed E-state index contributed by atoms with van der Waals surface area (Å²) in [5.41, 5.74) is -3.09. The number of ether oxygens (including phenoxy) is 1. The lowest BCUT2D eigenvalue weighted by atomic mass is 10.1. The molecule has 1 N–H and O–H groups in total. The predicted octanol–water partition coefficient (Wildman–Crippen LogP) is 3.92. The molecule has 6 nitrogen and oxygen atoms in total. The van der Waals surface area contributed by atoms with E-state index in [4.69, 9.17) is 4.74 Å². The third kappa shape index (κ3) is 3.72. The van der Waals surface area contributed by atoms with Crippen LogP contribution in [0.15, 0.2) is 59.6 Å². The Morgan fingerprint density at radius 3 is 2.44 bits per heavy atom. The molecule has 1 aliphatic heterocycles. The minimum Gasteiger partial charge on any atom is -0.497 e. The molecule has 1 atom stereocenters. The van der Waals surface area contributed by atoms with E-state index in [-0.39, 0.29) is 11.4 Å². The molecule has 1 unspecified atom stereocenters. The average Bonchev–Trinajstić information content (AvgIpc) is 3.41. The maximum absolute atomic E-state index is 14.4. The lowest BCUT2D eigenvalue weighted by molar-refractivity contribution is -0.196. The number of rotatable bonds is 5. The van der Waals surface area contributed by atoms with E-state index in [1.54, 1.807) is 36.4 Å². The topological polar surface area (TPSA) is 71.0 Å². The van der Waals surface area contributed by atoms with Crippen molar-refractivity contribution in [2.24, 2.45) is 4.99 Å². The van der Waals surface area contributed by atoms with Crippen molar-refractivity contribution in [3.8, 4) is 5.75 Å². The summed E-state index contributed by atoms with van der Waals surface area (Å²) in [6.07, 6.45) is -2.37. The molecule has 9 heteroatoms. The Morgan fingerprint density at radius 1 is 1.12 bits per heavy atom. The van der Waals surface area contributed by atoms with E-state index in [1.807, 2.05) is 5.32 Å². The molecule has 2 aliphatic rings. The minimum atomic E-state index is -5.15. The number of carbonyl (C=O) groups is 2. The summed E-state index contributed by atoms with van der Waals surface area (Å²) in [7, 11) is 1.38. The largest absolute Gasteiger partial charge is 0.497 e. The first-order valence-corrected chi connectivity index (χ1v) is 10.3. The van der Waals surface area contributed by atoms with E-state index in [1.165, 1.54) is 25.3 Å². The zero-order valence-electron chi connectivity index (χ0n) is 17.4.